The first-order chi connectivity index (χ1) is 9.19. The van der Waals surface area contributed by atoms with Crippen LogP contribution in [0.4, 0.5) is 0 Å². The first kappa shape index (κ1) is 14.2. The van der Waals surface area contributed by atoms with Crippen LogP contribution in [0.2, 0.25) is 0 Å². The molecule has 0 saturated carbocycles. The fourth-order valence-electron chi connectivity index (χ4n) is 2.07. The van der Waals surface area contributed by atoms with E-state index in [1.54, 1.807) is 31.4 Å². The summed E-state index contributed by atoms with van der Waals surface area (Å²) >= 11 is 0. The molecule has 1 saturated heterocycles. The molecular weight excluding hydrogens is 264 g/mol. The van der Waals surface area contributed by atoms with E-state index in [9.17, 15) is 9.00 Å². The molecule has 1 fully saturated rings. The number of ketones is 1. The Balaban J connectivity index is 1.90. The van der Waals surface area contributed by atoms with E-state index in [1.165, 1.54) is 0 Å². The highest BCUT2D eigenvalue weighted by Crippen LogP contribution is 2.15. The van der Waals surface area contributed by atoms with Crippen molar-refractivity contribution in [3.8, 4) is 5.75 Å². The molecule has 1 aliphatic rings. The molecule has 1 heterocycles. The summed E-state index contributed by atoms with van der Waals surface area (Å²) in [6.07, 6.45) is 2.02. The Morgan fingerprint density at radius 2 is 2.37 bits per heavy atom. The highest BCUT2D eigenvalue weighted by atomic mass is 32.2. The van der Waals surface area contributed by atoms with Gasteiger partial charge in [-0.3, -0.25) is 9.00 Å². The average Bonchev–Trinajstić information content (AvgIpc) is 2.91. The fraction of sp³-hybridized carbons (Fsp3) is 0.500. The summed E-state index contributed by atoms with van der Waals surface area (Å²) in [5.41, 5.74) is 0.542. The standard InChI is InChI=1S/C14H18O4S/c1-17-12-5-2-4-11(8-12)14(15)10-19(16)9-13-6-3-7-18-13/h2,4-5,8,13H,3,6-7,9-10H2,1H3. The van der Waals surface area contributed by atoms with Crippen LogP contribution in [0.5, 0.6) is 5.75 Å². The van der Waals surface area contributed by atoms with Crippen LogP contribution in [0, 0.1) is 0 Å². The maximum atomic E-state index is 12.0. The van der Waals surface area contributed by atoms with Crippen LogP contribution in [-0.2, 0) is 15.5 Å². The van der Waals surface area contributed by atoms with Gasteiger partial charge in [-0.1, -0.05) is 12.1 Å². The first-order valence-corrected chi connectivity index (χ1v) is 7.81. The van der Waals surface area contributed by atoms with E-state index in [0.717, 1.165) is 19.4 Å². The molecule has 0 radical (unpaired) electrons. The number of Topliss-reactive ketones (excluding diaryl/α,β-unsaturated/α-hetero) is 1. The summed E-state index contributed by atoms with van der Waals surface area (Å²) in [5.74, 6) is 1.02. The van der Waals surface area contributed by atoms with Gasteiger partial charge in [0, 0.05) is 23.0 Å². The summed E-state index contributed by atoms with van der Waals surface area (Å²) in [7, 11) is 0.390. The predicted molar refractivity (Wildman–Crippen MR) is 74.2 cm³/mol. The summed E-state index contributed by atoms with van der Waals surface area (Å²) in [5, 5.41) is 0. The molecule has 1 aromatic carbocycles. The van der Waals surface area contributed by atoms with Crippen LogP contribution in [0.15, 0.2) is 24.3 Å². The largest absolute Gasteiger partial charge is 0.497 e. The molecule has 5 heteroatoms. The maximum Gasteiger partial charge on any atom is 0.175 e. The molecule has 0 amide bonds. The summed E-state index contributed by atoms with van der Waals surface area (Å²) in [4.78, 5) is 12.0. The van der Waals surface area contributed by atoms with Crippen LogP contribution >= 0.6 is 0 Å². The van der Waals surface area contributed by atoms with E-state index in [2.05, 4.69) is 0 Å². The second-order valence-corrected chi connectivity index (χ2v) is 6.04. The van der Waals surface area contributed by atoms with E-state index in [-0.39, 0.29) is 17.6 Å². The van der Waals surface area contributed by atoms with Crippen molar-refractivity contribution in [1.29, 1.82) is 0 Å². The highest BCUT2D eigenvalue weighted by Gasteiger charge is 2.20. The second kappa shape index (κ2) is 6.82. The molecule has 0 bridgehead atoms. The first-order valence-electron chi connectivity index (χ1n) is 6.33. The fourth-order valence-corrected chi connectivity index (χ4v) is 3.32. The Kier molecular flexibility index (Phi) is 5.10. The van der Waals surface area contributed by atoms with Crippen molar-refractivity contribution in [2.24, 2.45) is 0 Å². The zero-order chi connectivity index (χ0) is 13.7. The second-order valence-electron chi connectivity index (χ2n) is 4.54. The summed E-state index contributed by atoms with van der Waals surface area (Å²) in [6.45, 7) is 0.742. The van der Waals surface area contributed by atoms with Crippen molar-refractivity contribution >= 4 is 16.6 Å². The molecule has 0 spiro atoms. The van der Waals surface area contributed by atoms with Gasteiger partial charge in [0.2, 0.25) is 0 Å². The Bertz CT molecular complexity index is 466. The number of carbonyl (C=O) groups excluding carboxylic acids is 1. The lowest BCUT2D eigenvalue weighted by Crippen LogP contribution is -2.21. The number of ether oxygens (including phenoxy) is 2. The average molecular weight is 282 g/mol. The minimum absolute atomic E-state index is 0.0486. The van der Waals surface area contributed by atoms with Crippen LogP contribution < -0.4 is 4.74 Å². The van der Waals surface area contributed by atoms with E-state index in [4.69, 9.17) is 9.47 Å². The van der Waals surface area contributed by atoms with E-state index >= 15 is 0 Å². The highest BCUT2D eigenvalue weighted by molar-refractivity contribution is 7.85. The number of carbonyl (C=O) groups is 1. The van der Waals surface area contributed by atoms with Gasteiger partial charge in [0.25, 0.3) is 0 Å². The number of hydrogen-bond acceptors (Lipinski definition) is 4. The normalized spacial score (nSPS) is 20.2. The molecule has 0 aromatic heterocycles. The molecule has 1 aromatic rings. The van der Waals surface area contributed by atoms with Gasteiger partial charge in [-0.2, -0.15) is 0 Å². The molecule has 1 aliphatic heterocycles. The maximum absolute atomic E-state index is 12.0. The van der Waals surface area contributed by atoms with E-state index in [0.29, 0.717) is 17.1 Å². The van der Waals surface area contributed by atoms with Gasteiger partial charge in [-0.15, -0.1) is 0 Å². The van der Waals surface area contributed by atoms with Gasteiger partial charge < -0.3 is 9.47 Å². The zero-order valence-electron chi connectivity index (χ0n) is 11.0. The minimum atomic E-state index is -1.16. The molecule has 4 nitrogen and oxygen atoms in total. The smallest absolute Gasteiger partial charge is 0.175 e. The van der Waals surface area contributed by atoms with Crippen LogP contribution in [0.1, 0.15) is 23.2 Å². The van der Waals surface area contributed by atoms with Crippen molar-refractivity contribution in [2.75, 3.05) is 25.2 Å². The quantitative estimate of drug-likeness (QED) is 0.747. The van der Waals surface area contributed by atoms with Gasteiger partial charge in [0.15, 0.2) is 5.78 Å². The van der Waals surface area contributed by atoms with Crippen molar-refractivity contribution in [3.05, 3.63) is 29.8 Å². The predicted octanol–water partition coefficient (Wildman–Crippen LogP) is 1.81. The van der Waals surface area contributed by atoms with E-state index in [1.807, 2.05) is 0 Å². The molecule has 0 aliphatic carbocycles. The Labute approximate surface area is 115 Å². The van der Waals surface area contributed by atoms with Gasteiger partial charge >= 0.3 is 0 Å². The van der Waals surface area contributed by atoms with Crippen molar-refractivity contribution in [2.45, 2.75) is 18.9 Å². The zero-order valence-corrected chi connectivity index (χ0v) is 11.8. The number of methoxy groups -OCH3 is 1. The van der Waals surface area contributed by atoms with Gasteiger partial charge in [-0.25, -0.2) is 0 Å². The van der Waals surface area contributed by atoms with Crippen molar-refractivity contribution in [1.82, 2.24) is 0 Å². The van der Waals surface area contributed by atoms with Gasteiger partial charge in [-0.05, 0) is 25.0 Å². The lowest BCUT2D eigenvalue weighted by Gasteiger charge is -2.08. The Hall–Kier alpha value is -1.20. The summed E-state index contributed by atoms with van der Waals surface area (Å²) in [6, 6.07) is 6.93. The van der Waals surface area contributed by atoms with Crippen molar-refractivity contribution < 1.29 is 18.5 Å². The molecule has 0 N–H and O–H groups in total. The summed E-state index contributed by atoms with van der Waals surface area (Å²) < 4.78 is 22.4. The lowest BCUT2D eigenvalue weighted by molar-refractivity contribution is 0.102. The molecular formula is C14H18O4S. The minimum Gasteiger partial charge on any atom is -0.497 e. The van der Waals surface area contributed by atoms with Crippen LogP contribution in [-0.4, -0.2) is 41.3 Å². The molecule has 104 valence electrons. The van der Waals surface area contributed by atoms with E-state index < -0.39 is 10.8 Å². The number of rotatable bonds is 6. The van der Waals surface area contributed by atoms with Crippen LogP contribution in [0.3, 0.4) is 0 Å². The molecule has 2 unspecified atom stereocenters. The molecule has 2 atom stereocenters. The van der Waals surface area contributed by atoms with Crippen LogP contribution in [0.25, 0.3) is 0 Å². The molecule has 2 rings (SSSR count). The lowest BCUT2D eigenvalue weighted by atomic mass is 10.1. The Morgan fingerprint density at radius 3 is 3.05 bits per heavy atom. The molecule has 19 heavy (non-hydrogen) atoms. The van der Waals surface area contributed by atoms with Crippen molar-refractivity contribution in [3.63, 3.8) is 0 Å². The third-order valence-electron chi connectivity index (χ3n) is 3.08. The monoisotopic (exact) mass is 282 g/mol. The Morgan fingerprint density at radius 1 is 1.53 bits per heavy atom. The number of benzene rings is 1. The van der Waals surface area contributed by atoms with Gasteiger partial charge in [0.05, 0.1) is 24.7 Å². The SMILES string of the molecule is COc1cccc(C(=O)CS(=O)CC2CCCO2)c1. The topological polar surface area (TPSA) is 52.6 Å². The number of hydrogen-bond donors (Lipinski definition) is 0. The third kappa shape index (κ3) is 4.14. The van der Waals surface area contributed by atoms with Gasteiger partial charge in [0.1, 0.15) is 5.75 Å². The third-order valence-corrected chi connectivity index (χ3v) is 4.41.